The summed E-state index contributed by atoms with van der Waals surface area (Å²) in [4.78, 5) is 56.8. The van der Waals surface area contributed by atoms with Crippen LogP contribution < -0.4 is 21.3 Å². The van der Waals surface area contributed by atoms with Crippen LogP contribution in [0.3, 0.4) is 0 Å². The zero-order chi connectivity index (χ0) is 44.8. The monoisotopic (exact) mass is 888 g/mol. The number of carbonyl (C=O) groups excluding carboxylic acids is 3. The molecule has 1 aliphatic carbocycles. The van der Waals surface area contributed by atoms with Crippen LogP contribution in [0.15, 0.2) is 47.4 Å². The number of halogens is 1. The van der Waals surface area contributed by atoms with Crippen LogP contribution in [0.1, 0.15) is 88.5 Å². The van der Waals surface area contributed by atoms with Crippen molar-refractivity contribution in [2.45, 2.75) is 89.6 Å². The van der Waals surface area contributed by atoms with Gasteiger partial charge in [-0.3, -0.25) is 24.7 Å². The van der Waals surface area contributed by atoms with Gasteiger partial charge in [0, 0.05) is 94.5 Å². The Bertz CT molecular complexity index is 2570. The minimum absolute atomic E-state index is 0.0518. The first-order valence-corrected chi connectivity index (χ1v) is 23.2. The van der Waals surface area contributed by atoms with Crippen molar-refractivity contribution < 1.29 is 28.0 Å². The van der Waals surface area contributed by atoms with E-state index in [-0.39, 0.29) is 41.4 Å². The summed E-state index contributed by atoms with van der Waals surface area (Å²) in [5.74, 6) is 1.27. The number of pyridine rings is 1. The van der Waals surface area contributed by atoms with E-state index in [0.717, 1.165) is 94.1 Å². The van der Waals surface area contributed by atoms with Gasteiger partial charge in [-0.1, -0.05) is 11.2 Å². The molecule has 1 atom stereocenters. The molecule has 1 spiro atoms. The molecule has 10 rings (SSSR count). The maximum absolute atomic E-state index is 15.1. The third kappa shape index (κ3) is 8.89. The molecule has 8 heterocycles. The van der Waals surface area contributed by atoms with E-state index in [2.05, 4.69) is 41.6 Å². The number of rotatable bonds is 16. The Labute approximate surface area is 376 Å². The fraction of sp³-hybridized carbons (Fsp3) is 0.532. The van der Waals surface area contributed by atoms with E-state index in [1.807, 2.05) is 35.7 Å². The van der Waals surface area contributed by atoms with Gasteiger partial charge in [-0.2, -0.15) is 5.10 Å². The molecule has 1 aromatic carbocycles. The molecule has 1 unspecified atom stereocenters. The van der Waals surface area contributed by atoms with Gasteiger partial charge in [0.25, 0.3) is 0 Å². The highest BCUT2D eigenvalue weighted by molar-refractivity contribution is 6.02. The SMILES string of the molecule is CC(C)n1nc(-c2noc(C3CC3)c2-c2ccc(CCOCCCC(=O)N3CCC(CN4CC5(C4)CN(c4ccc(NC6CCC(=O)NC6=O)cc4F)C5)CC3)cn2)c2c(N)ncnc21. The Morgan fingerprint density at radius 2 is 1.83 bits per heavy atom. The topological polar surface area (TPSA) is 203 Å². The average Bonchev–Trinajstić information content (AvgIpc) is 3.89. The van der Waals surface area contributed by atoms with Gasteiger partial charge >= 0.3 is 0 Å². The summed E-state index contributed by atoms with van der Waals surface area (Å²) >= 11 is 0. The number of nitrogen functional groups attached to an aromatic ring is 1. The van der Waals surface area contributed by atoms with Crippen molar-refractivity contribution in [1.82, 2.24) is 45.0 Å². The molecular formula is C47H57FN12O5. The predicted octanol–water partition coefficient (Wildman–Crippen LogP) is 5.34. The lowest BCUT2D eigenvalue weighted by Gasteiger charge is -2.61. The van der Waals surface area contributed by atoms with Crippen LogP contribution in [0.2, 0.25) is 0 Å². The summed E-state index contributed by atoms with van der Waals surface area (Å²) in [6, 6.07) is 8.58. The van der Waals surface area contributed by atoms with Gasteiger partial charge < -0.3 is 35.0 Å². The third-order valence-corrected chi connectivity index (χ3v) is 13.7. The van der Waals surface area contributed by atoms with Crippen molar-refractivity contribution in [2.24, 2.45) is 11.3 Å². The number of imide groups is 1. The summed E-state index contributed by atoms with van der Waals surface area (Å²) in [6.07, 6.45) is 9.97. The number of benzene rings is 1. The van der Waals surface area contributed by atoms with Gasteiger partial charge in [0.2, 0.25) is 17.7 Å². The van der Waals surface area contributed by atoms with Gasteiger partial charge in [-0.05, 0) is 94.5 Å². The van der Waals surface area contributed by atoms with Crippen LogP contribution in [-0.4, -0.2) is 122 Å². The zero-order valence-electron chi connectivity index (χ0n) is 37.1. The van der Waals surface area contributed by atoms with E-state index >= 15 is 4.39 Å². The number of fused-ring (bicyclic) bond motifs is 1. The molecule has 0 radical (unpaired) electrons. The van der Waals surface area contributed by atoms with E-state index in [4.69, 9.17) is 25.1 Å². The number of piperidine rings is 2. The van der Waals surface area contributed by atoms with Crippen molar-refractivity contribution in [2.75, 3.05) is 75.0 Å². The number of hydrogen-bond donors (Lipinski definition) is 3. The van der Waals surface area contributed by atoms with E-state index < -0.39 is 6.04 Å². The normalized spacial score (nSPS) is 20.1. The first kappa shape index (κ1) is 42.9. The van der Waals surface area contributed by atoms with Crippen LogP contribution in [0, 0.1) is 17.2 Å². The Balaban J connectivity index is 0.623. The minimum atomic E-state index is -0.546. The first-order chi connectivity index (χ1) is 31.5. The molecule has 0 bridgehead atoms. The van der Waals surface area contributed by atoms with Crippen molar-refractivity contribution in [3.63, 3.8) is 0 Å². The van der Waals surface area contributed by atoms with Gasteiger partial charge in [0.1, 0.15) is 41.2 Å². The summed E-state index contributed by atoms with van der Waals surface area (Å²) in [5.41, 5.74) is 12.2. The number of hydrogen-bond acceptors (Lipinski definition) is 14. The second-order valence-corrected chi connectivity index (χ2v) is 19.1. The van der Waals surface area contributed by atoms with E-state index in [1.165, 1.54) is 12.4 Å². The number of ether oxygens (including phenoxy) is 1. The highest BCUT2D eigenvalue weighted by Crippen LogP contribution is 2.48. The fourth-order valence-corrected chi connectivity index (χ4v) is 10.1. The molecule has 65 heavy (non-hydrogen) atoms. The van der Waals surface area contributed by atoms with Gasteiger partial charge in [0.05, 0.1) is 28.9 Å². The molecule has 17 nitrogen and oxygen atoms in total. The second kappa shape index (κ2) is 17.8. The van der Waals surface area contributed by atoms with Crippen LogP contribution in [0.4, 0.5) is 21.6 Å². The van der Waals surface area contributed by atoms with E-state index in [0.29, 0.717) is 90.3 Å². The van der Waals surface area contributed by atoms with Crippen molar-refractivity contribution in [3.05, 3.63) is 60.0 Å². The zero-order valence-corrected chi connectivity index (χ0v) is 37.1. The molecule has 3 amide bonds. The molecule has 5 fully saturated rings. The number of likely N-dealkylation sites (tertiary alicyclic amines) is 2. The lowest BCUT2D eigenvalue weighted by Crippen LogP contribution is -2.72. The molecule has 5 aliphatic rings. The molecule has 5 aromatic rings. The number of nitrogens with two attached hydrogens (primary N) is 1. The molecule has 1 saturated carbocycles. The van der Waals surface area contributed by atoms with E-state index in [1.54, 1.807) is 12.1 Å². The van der Waals surface area contributed by atoms with Crippen molar-refractivity contribution >= 4 is 45.9 Å². The number of carbonyl (C=O) groups is 3. The number of anilines is 3. The highest BCUT2D eigenvalue weighted by Gasteiger charge is 2.52. The highest BCUT2D eigenvalue weighted by atomic mass is 19.1. The maximum atomic E-state index is 15.1. The number of aromatic nitrogens is 6. The minimum Gasteiger partial charge on any atom is -0.383 e. The van der Waals surface area contributed by atoms with Crippen LogP contribution in [0.25, 0.3) is 33.7 Å². The van der Waals surface area contributed by atoms with Crippen LogP contribution >= 0.6 is 0 Å². The number of amides is 3. The maximum Gasteiger partial charge on any atom is 0.249 e. The van der Waals surface area contributed by atoms with Crippen molar-refractivity contribution in [1.29, 1.82) is 0 Å². The predicted molar refractivity (Wildman–Crippen MR) is 241 cm³/mol. The van der Waals surface area contributed by atoms with Crippen LogP contribution in [-0.2, 0) is 25.5 Å². The average molecular weight is 889 g/mol. The smallest absolute Gasteiger partial charge is 0.249 e. The molecule has 4 saturated heterocycles. The Morgan fingerprint density at radius 3 is 2.55 bits per heavy atom. The molecule has 4 aromatic heterocycles. The van der Waals surface area contributed by atoms with E-state index in [9.17, 15) is 14.4 Å². The molecule has 4 N–H and O–H groups in total. The second-order valence-electron chi connectivity index (χ2n) is 19.1. The summed E-state index contributed by atoms with van der Waals surface area (Å²) in [7, 11) is 0. The molecule has 4 aliphatic heterocycles. The fourth-order valence-electron chi connectivity index (χ4n) is 10.1. The lowest BCUT2D eigenvalue weighted by molar-refractivity contribution is -0.134. The number of nitrogens with zero attached hydrogens (tertiary/aromatic N) is 9. The van der Waals surface area contributed by atoms with Gasteiger partial charge in [-0.25, -0.2) is 19.0 Å². The van der Waals surface area contributed by atoms with Gasteiger partial charge in [0.15, 0.2) is 5.65 Å². The first-order valence-electron chi connectivity index (χ1n) is 23.2. The Kier molecular flexibility index (Phi) is 11.7. The standard InChI is InChI=1S/C47H57FN12O5/c1-28(2)60-45-40(44(49)51-27-52-45)41(55-60)42-39(43(65-56-42)31-6-7-31)34-9-5-29(21-50-34)15-19-64-18-3-4-38(62)58-16-13-30(14-17-58)22-57-23-47(24-57)25-59(26-47)36-11-8-32(20-33(36)48)53-35-10-12-37(61)54-46(35)63/h5,8-9,11,20-21,27-28,30-31,35,53H,3-4,6-7,10,12-19,22-26H2,1-2H3,(H2,49,51,52)(H,54,61,63). The number of nitrogens with one attached hydrogen (secondary N) is 2. The molecular weight excluding hydrogens is 832 g/mol. The Morgan fingerprint density at radius 1 is 1.02 bits per heavy atom. The molecule has 342 valence electrons. The van der Waals surface area contributed by atoms with Gasteiger partial charge in [-0.15, -0.1) is 0 Å². The summed E-state index contributed by atoms with van der Waals surface area (Å²) in [5, 5.41) is 15.4. The summed E-state index contributed by atoms with van der Waals surface area (Å²) in [6.45, 7) is 11.5. The third-order valence-electron chi connectivity index (χ3n) is 13.7. The summed E-state index contributed by atoms with van der Waals surface area (Å²) < 4.78 is 28.9. The quantitative estimate of drug-likeness (QED) is 0.0847. The largest absolute Gasteiger partial charge is 0.383 e. The van der Waals surface area contributed by atoms with Crippen molar-refractivity contribution in [3.8, 4) is 22.6 Å². The Hall–Kier alpha value is -6.01. The van der Waals surface area contributed by atoms with Crippen LogP contribution in [0.5, 0.6) is 0 Å². The molecule has 18 heteroatoms. The lowest BCUT2D eigenvalue weighted by atomic mass is 9.72.